The van der Waals surface area contributed by atoms with Crippen LogP contribution in [0.1, 0.15) is 411 Å². The van der Waals surface area contributed by atoms with Crippen molar-refractivity contribution in [1.82, 2.24) is 0 Å². The van der Waals surface area contributed by atoms with Crippen LogP contribution in [-0.4, -0.2) is 18.5 Å². The molecule has 0 radical (unpaired) electrons. The summed E-state index contributed by atoms with van der Waals surface area (Å²) in [6.07, 6.45) is -15.5. The molecule has 0 saturated heterocycles. The van der Waals surface area contributed by atoms with Crippen LogP contribution in [0, 0.1) is 32.5 Å². The van der Waals surface area contributed by atoms with E-state index < -0.39 is 93.7 Å². The predicted octanol–water partition coefficient (Wildman–Crippen LogP) is 38.6. The summed E-state index contributed by atoms with van der Waals surface area (Å²) < 4.78 is 247. The fourth-order valence-electron chi connectivity index (χ4n) is 15.3. The van der Waals surface area contributed by atoms with Crippen LogP contribution in [0.3, 0.4) is 0 Å². The maximum absolute atomic E-state index is 13.8. The molecule has 714 valence electrons. The van der Waals surface area contributed by atoms with E-state index in [0.29, 0.717) is 11.1 Å². The van der Waals surface area contributed by atoms with Crippen LogP contribution in [0.5, 0.6) is 0 Å². The Kier molecular flexibility index (Phi) is 31.2. The van der Waals surface area contributed by atoms with Gasteiger partial charge in [-0.15, -0.1) is 0 Å². The molecule has 0 amide bonds. The number of halogens is 9. The molecule has 10 rings (SSSR count). The van der Waals surface area contributed by atoms with Crippen molar-refractivity contribution in [2.75, 3.05) is 0 Å². The molecule has 0 bridgehead atoms. The first-order valence-corrected chi connectivity index (χ1v) is 45.8. The molecule has 129 heavy (non-hydrogen) atoms. The van der Waals surface area contributed by atoms with Crippen molar-refractivity contribution in [2.45, 2.75) is 395 Å². The van der Waals surface area contributed by atoms with Crippen molar-refractivity contribution in [3.8, 4) is 22.3 Å². The predicted molar refractivity (Wildman–Crippen MR) is 542 cm³/mol. The molecule has 0 aliphatic heterocycles. The maximum Gasteiger partial charge on any atom is 0.394 e. The van der Waals surface area contributed by atoms with Gasteiger partial charge in [0, 0.05) is 13.7 Å². The largest absolute Gasteiger partial charge is 0.394 e. The Bertz CT molecular complexity index is 5580. The molecule has 9 heteroatoms. The van der Waals surface area contributed by atoms with Gasteiger partial charge in [0.25, 0.3) is 0 Å². The van der Waals surface area contributed by atoms with Crippen molar-refractivity contribution in [1.29, 1.82) is 0 Å². The zero-order chi connectivity index (χ0) is 112. The van der Waals surface area contributed by atoms with Gasteiger partial charge in [-0.05, 0) is 210 Å². The Morgan fingerprint density at radius 1 is 0.295 bits per heavy atom. The lowest BCUT2D eigenvalue weighted by Crippen LogP contribution is -2.38. The van der Waals surface area contributed by atoms with Crippen molar-refractivity contribution in [3.05, 3.63) is 296 Å². The van der Waals surface area contributed by atoms with Gasteiger partial charge in [-0.2, -0.15) is 39.5 Å². The van der Waals surface area contributed by atoms with E-state index >= 15 is 0 Å². The van der Waals surface area contributed by atoms with Crippen molar-refractivity contribution < 1.29 is 60.1 Å². The summed E-state index contributed by atoms with van der Waals surface area (Å²) in [4.78, 5) is 0. The number of benzene rings is 9. The highest BCUT2D eigenvalue weighted by molar-refractivity contribution is 5.70. The van der Waals surface area contributed by atoms with Crippen LogP contribution < -0.4 is 0 Å². The lowest BCUT2D eigenvalue weighted by Gasteiger charge is -2.39. The van der Waals surface area contributed by atoms with Crippen molar-refractivity contribution in [2.24, 2.45) is 32.5 Å². The average molecular weight is 1800 g/mol. The summed E-state index contributed by atoms with van der Waals surface area (Å²) in [6, 6.07) is 58.4. The van der Waals surface area contributed by atoms with Crippen LogP contribution in [-0.2, 0) is 63.4 Å². The van der Waals surface area contributed by atoms with Gasteiger partial charge in [-0.25, -0.2) is 0 Å². The van der Waals surface area contributed by atoms with Crippen LogP contribution in [0.25, 0.3) is 22.3 Å². The Morgan fingerprint density at radius 3 is 0.953 bits per heavy atom. The summed E-state index contributed by atoms with van der Waals surface area (Å²) in [6.45, 7) is 68.9. The van der Waals surface area contributed by atoms with Gasteiger partial charge in [0.05, 0.1) is 23.1 Å². The lowest BCUT2D eigenvalue weighted by molar-refractivity contribution is -0.218. The van der Waals surface area contributed by atoms with E-state index in [2.05, 4.69) is 183 Å². The van der Waals surface area contributed by atoms with Gasteiger partial charge in [0.15, 0.2) is 0 Å². The van der Waals surface area contributed by atoms with Crippen LogP contribution >= 0.6 is 0 Å². The minimum absolute atomic E-state index is 0.0119. The van der Waals surface area contributed by atoms with E-state index in [9.17, 15) is 39.5 Å². The molecular formula is C120H171F9. The molecule has 0 spiro atoms. The third-order valence-electron chi connectivity index (χ3n) is 23.1. The SMILES string of the molecule is CC(C)(C)c1ccccc1-c1ccccc1.CC(C)(C)c1ccccc1C1CCCCC1.[2H]C([2H])(c1cccc(C([2H])(C)C(C)(C)C(F)(F)F)c1C(C)(C)C)C(C)(C)C(F)(F)F.[2H]C([2H])(c1cccc(C([2H])(C)C(C)(C)C)c1C(C)(C)C)C(C)(C)C.[2H]C([2H])(c1ccccc1C(C)(C)C)C(C)(C)C.[2H]C([2H])(c1ccccc1C(C)(C)C)C(C)(C)C(F)(F)F.[2H]c1c([2H])c([2H])c(-c2ccccc2C(C)(C)C)c([2H])c1[2H]. The van der Waals surface area contributed by atoms with Crippen LogP contribution in [0.2, 0.25) is 0 Å². The van der Waals surface area contributed by atoms with E-state index in [4.69, 9.17) is 20.6 Å². The molecule has 1 fully saturated rings. The highest BCUT2D eigenvalue weighted by Crippen LogP contribution is 2.53. The van der Waals surface area contributed by atoms with E-state index in [1.165, 1.54) is 73.1 Å². The normalized spacial score (nSPS) is 17.0. The van der Waals surface area contributed by atoms with Crippen molar-refractivity contribution >= 4 is 0 Å². The first-order chi connectivity index (χ1) is 64.2. The second-order valence-electron chi connectivity index (χ2n) is 46.5. The Balaban J connectivity index is 0.000000354. The van der Waals surface area contributed by atoms with E-state index in [1.54, 1.807) is 50.1 Å². The van der Waals surface area contributed by atoms with E-state index in [1.807, 2.05) is 157 Å². The molecule has 9 aromatic carbocycles. The summed E-state index contributed by atoms with van der Waals surface area (Å²) in [7, 11) is 0. The third kappa shape index (κ3) is 34.7. The number of rotatable bonds is 12. The monoisotopic (exact) mass is 1800 g/mol. The Labute approximate surface area is 802 Å². The molecule has 0 N–H and O–H groups in total. The first kappa shape index (κ1) is 90.5. The van der Waals surface area contributed by atoms with Gasteiger partial charge in [0.1, 0.15) is 0 Å². The summed E-state index contributed by atoms with van der Waals surface area (Å²) >= 11 is 0. The molecule has 2 unspecified atom stereocenters. The van der Waals surface area contributed by atoms with Gasteiger partial charge in [0.2, 0.25) is 0 Å². The molecule has 1 aliphatic carbocycles. The first-order valence-electron chi connectivity index (χ1n) is 53.3. The minimum atomic E-state index is -4.91. The molecule has 1 aliphatic rings. The second kappa shape index (κ2) is 44.5. The molecule has 2 atom stereocenters. The average Bonchev–Trinajstić information content (AvgIpc) is 0.713. The van der Waals surface area contributed by atoms with Gasteiger partial charge >= 0.3 is 18.5 Å². The van der Waals surface area contributed by atoms with Crippen molar-refractivity contribution in [3.63, 3.8) is 0 Å². The van der Waals surface area contributed by atoms with Crippen LogP contribution in [0.4, 0.5) is 39.5 Å². The second-order valence-corrected chi connectivity index (χ2v) is 46.5. The third-order valence-corrected chi connectivity index (χ3v) is 23.1. The topological polar surface area (TPSA) is 0 Å². The Morgan fingerprint density at radius 2 is 0.597 bits per heavy atom. The van der Waals surface area contributed by atoms with Gasteiger partial charge in [-0.3, -0.25) is 0 Å². The molecule has 0 nitrogen and oxygen atoms in total. The van der Waals surface area contributed by atoms with E-state index in [0.717, 1.165) is 87.8 Å². The maximum atomic E-state index is 13.8. The zero-order valence-electron chi connectivity index (χ0n) is 101. The summed E-state index contributed by atoms with van der Waals surface area (Å²) in [5.41, 5.74) is 3.46. The molecule has 9 aromatic rings. The van der Waals surface area contributed by atoms with Crippen LogP contribution in [0.15, 0.2) is 218 Å². The quantitative estimate of drug-likeness (QED) is 0.107. The number of alkyl halides is 9. The van der Waals surface area contributed by atoms with Gasteiger partial charge < -0.3 is 0 Å². The molecule has 0 aromatic heterocycles. The smallest absolute Gasteiger partial charge is 0.171 e. The fourth-order valence-corrected chi connectivity index (χ4v) is 15.3. The van der Waals surface area contributed by atoms with E-state index in [-0.39, 0.29) is 90.5 Å². The minimum Gasteiger partial charge on any atom is -0.171 e. The lowest BCUT2D eigenvalue weighted by atomic mass is 9.68. The molecular weight excluding hydrogens is 1610 g/mol. The number of hydrogen-bond donors (Lipinski definition) is 0. The molecule has 1 saturated carbocycles. The zero-order valence-corrected chi connectivity index (χ0v) is 85.9. The highest BCUT2D eigenvalue weighted by Gasteiger charge is 2.53. The summed E-state index contributed by atoms with van der Waals surface area (Å²) in [5, 5.41) is 0. The fraction of sp³-hybridized carbons (Fsp3) is 0.550. The number of hydrogen-bond acceptors (Lipinski definition) is 0. The Hall–Kier alpha value is -7.65. The highest BCUT2D eigenvalue weighted by atomic mass is 19.4. The van der Waals surface area contributed by atoms with Gasteiger partial charge in [-0.1, -0.05) is 501 Å². The summed E-state index contributed by atoms with van der Waals surface area (Å²) in [5.74, 6) is -2.27. The standard InChI is InChI=1S/C21H30F6.C21H36.C16H24.2C16H18.C15H21F3.C15H24/c1-13(19(7,8)21(25,26)27)15-11-9-10-14(16(15)17(2,3)4)12-18(5,6)20(22,23)24;1-15(20(5,6)7)17-13-11-12-16(14-19(2,3)4)18(17)21(8,9)10;3*1-16(2,3)15-12-8-7-11-14(15)13-9-5-4-6-10-13;1-13(2,3)12-9-7-6-8-11(12)10-14(4,5)15(16,17)18;1-14(2,3)11-12-9-7-8-10-13(12)15(4,5)6/h9-11,13H,12H2,1-8H3;11-13,15H,14H2,1-10H3;7-8,11-13H,4-6,9-10H2,1-3H3;2*4-12H,1-3H3;6-9H,10H2,1-5H3;7-10H,11H2,1-6H3/i12D2,13D;14D2,15D;;4D,5D,6D,9D,10D;;10D2;11D2. The molecule has 0 heterocycles.